The molecule has 18 heavy (non-hydrogen) atoms. The van der Waals surface area contributed by atoms with Gasteiger partial charge >= 0.3 is 0 Å². The van der Waals surface area contributed by atoms with Crippen molar-refractivity contribution in [2.24, 2.45) is 0 Å². The smallest absolute Gasteiger partial charge is 0.243 e. The molecule has 0 bridgehead atoms. The molecule has 0 aliphatic rings. The highest BCUT2D eigenvalue weighted by atomic mass is 79.9. The molecule has 0 saturated heterocycles. The maximum atomic E-state index is 9.24. The van der Waals surface area contributed by atoms with Crippen molar-refractivity contribution in [1.82, 2.24) is 14.6 Å². The molecule has 2 rings (SSSR count). The largest absolute Gasteiger partial charge is 0.395 e. The minimum Gasteiger partial charge on any atom is -0.395 e. The fourth-order valence-electron chi connectivity index (χ4n) is 1.67. The van der Waals surface area contributed by atoms with E-state index in [4.69, 9.17) is 0 Å². The number of nitrogens with one attached hydrogen (secondary N) is 1. The maximum absolute atomic E-state index is 9.24. The number of pyridine rings is 1. The predicted octanol–water partition coefficient (Wildman–Crippen LogP) is 2.02. The van der Waals surface area contributed by atoms with Crippen molar-refractivity contribution in [2.75, 3.05) is 18.2 Å². The molecule has 7 heteroatoms. The molecule has 2 aromatic heterocycles. The third-order valence-electron chi connectivity index (χ3n) is 2.71. The molecule has 0 saturated carbocycles. The van der Waals surface area contributed by atoms with Crippen LogP contribution in [0.3, 0.4) is 0 Å². The van der Waals surface area contributed by atoms with Crippen LogP contribution >= 0.6 is 27.7 Å². The van der Waals surface area contributed by atoms with Gasteiger partial charge in [0.2, 0.25) is 5.95 Å². The molecule has 0 spiro atoms. The number of aromatic nitrogens is 3. The quantitative estimate of drug-likeness (QED) is 0.878. The molecule has 2 aromatic rings. The van der Waals surface area contributed by atoms with Gasteiger partial charge in [0, 0.05) is 17.5 Å². The lowest BCUT2D eigenvalue weighted by atomic mass is 10.2. The molecule has 0 amide bonds. The number of anilines is 1. The molecular weight excluding hydrogens is 316 g/mol. The Hall–Kier alpha value is -0.790. The molecule has 2 unspecified atom stereocenters. The Morgan fingerprint density at radius 1 is 1.61 bits per heavy atom. The van der Waals surface area contributed by atoms with Crippen molar-refractivity contribution < 1.29 is 5.11 Å². The standard InChI is InChI=1S/C11H15BrN4OS/c1-7(9(6-17)18-2)13-11-14-10-8(12)4-3-5-16(10)15-11/h3-5,7,9,17H,6H2,1-2H3,(H,13,15). The number of aliphatic hydroxyl groups excluding tert-OH is 1. The second-order valence-electron chi connectivity index (χ2n) is 3.95. The van der Waals surface area contributed by atoms with Crippen LogP contribution in [0.4, 0.5) is 5.95 Å². The van der Waals surface area contributed by atoms with Crippen LogP contribution in [-0.2, 0) is 0 Å². The summed E-state index contributed by atoms with van der Waals surface area (Å²) in [6, 6.07) is 3.92. The summed E-state index contributed by atoms with van der Waals surface area (Å²) in [4.78, 5) is 4.41. The molecular formula is C11H15BrN4OS. The Kier molecular flexibility index (Phi) is 4.47. The lowest BCUT2D eigenvalue weighted by Gasteiger charge is -2.20. The van der Waals surface area contributed by atoms with Crippen LogP contribution in [0.5, 0.6) is 0 Å². The molecule has 2 N–H and O–H groups in total. The predicted molar refractivity (Wildman–Crippen MR) is 78.2 cm³/mol. The van der Waals surface area contributed by atoms with E-state index in [9.17, 15) is 5.11 Å². The molecule has 98 valence electrons. The van der Waals surface area contributed by atoms with E-state index in [1.165, 1.54) is 0 Å². The normalized spacial score (nSPS) is 14.7. The van der Waals surface area contributed by atoms with Gasteiger partial charge in [-0.3, -0.25) is 0 Å². The Labute approximate surface area is 118 Å². The van der Waals surface area contributed by atoms with Crippen LogP contribution in [-0.4, -0.2) is 43.9 Å². The molecule has 5 nitrogen and oxygen atoms in total. The zero-order chi connectivity index (χ0) is 13.1. The Morgan fingerprint density at radius 2 is 2.39 bits per heavy atom. The van der Waals surface area contributed by atoms with Crippen LogP contribution in [0.1, 0.15) is 6.92 Å². The molecule has 2 heterocycles. The molecule has 0 aromatic carbocycles. The third-order valence-corrected chi connectivity index (χ3v) is 4.49. The van der Waals surface area contributed by atoms with Crippen LogP contribution in [0.25, 0.3) is 5.65 Å². The van der Waals surface area contributed by atoms with Crippen molar-refractivity contribution in [1.29, 1.82) is 0 Å². The van der Waals surface area contributed by atoms with Crippen LogP contribution < -0.4 is 5.32 Å². The summed E-state index contributed by atoms with van der Waals surface area (Å²) in [6.07, 6.45) is 3.83. The highest BCUT2D eigenvalue weighted by molar-refractivity contribution is 9.10. The third kappa shape index (κ3) is 2.78. The van der Waals surface area contributed by atoms with E-state index in [0.717, 1.165) is 10.1 Å². The molecule has 2 atom stereocenters. The lowest BCUT2D eigenvalue weighted by Crippen LogP contribution is -2.31. The van der Waals surface area contributed by atoms with Gasteiger partial charge < -0.3 is 10.4 Å². The second-order valence-corrected chi connectivity index (χ2v) is 5.88. The highest BCUT2D eigenvalue weighted by Crippen LogP contribution is 2.18. The van der Waals surface area contributed by atoms with Gasteiger partial charge in [0.05, 0.1) is 11.1 Å². The molecule has 0 aliphatic carbocycles. The van der Waals surface area contributed by atoms with Gasteiger partial charge in [-0.2, -0.15) is 16.7 Å². The van der Waals surface area contributed by atoms with Gasteiger partial charge in [-0.05, 0) is 41.2 Å². The lowest BCUT2D eigenvalue weighted by molar-refractivity contribution is 0.288. The van der Waals surface area contributed by atoms with Crippen molar-refractivity contribution in [3.05, 3.63) is 22.8 Å². The van der Waals surface area contributed by atoms with E-state index in [-0.39, 0.29) is 17.9 Å². The average Bonchev–Trinajstić information content (AvgIpc) is 2.74. The average molecular weight is 331 g/mol. The summed E-state index contributed by atoms with van der Waals surface area (Å²) in [5.41, 5.74) is 0.775. The van der Waals surface area contributed by atoms with Gasteiger partial charge in [0.1, 0.15) is 0 Å². The zero-order valence-corrected chi connectivity index (χ0v) is 12.6. The number of hydrogen-bond acceptors (Lipinski definition) is 5. The fourth-order valence-corrected chi connectivity index (χ4v) is 2.72. The Balaban J connectivity index is 2.19. The van der Waals surface area contributed by atoms with Gasteiger partial charge in [0.25, 0.3) is 0 Å². The van der Waals surface area contributed by atoms with E-state index in [2.05, 4.69) is 31.3 Å². The first-order valence-corrected chi connectivity index (χ1v) is 7.65. The first kappa shape index (κ1) is 13.6. The minimum absolute atomic E-state index is 0.0983. The van der Waals surface area contributed by atoms with Crippen LogP contribution in [0.15, 0.2) is 22.8 Å². The van der Waals surface area contributed by atoms with Gasteiger partial charge in [-0.15, -0.1) is 5.10 Å². The Bertz CT molecular complexity index is 529. The van der Waals surface area contributed by atoms with Crippen molar-refractivity contribution >= 4 is 39.3 Å². The summed E-state index contributed by atoms with van der Waals surface area (Å²) in [5.74, 6) is 0.571. The van der Waals surface area contributed by atoms with E-state index < -0.39 is 0 Å². The molecule has 0 radical (unpaired) electrons. The molecule has 0 fully saturated rings. The van der Waals surface area contributed by atoms with E-state index in [1.54, 1.807) is 16.3 Å². The topological polar surface area (TPSA) is 62.5 Å². The number of fused-ring (bicyclic) bond motifs is 1. The Morgan fingerprint density at radius 3 is 3.00 bits per heavy atom. The maximum Gasteiger partial charge on any atom is 0.243 e. The summed E-state index contributed by atoms with van der Waals surface area (Å²) < 4.78 is 2.62. The summed E-state index contributed by atoms with van der Waals surface area (Å²) in [6.45, 7) is 2.14. The monoisotopic (exact) mass is 330 g/mol. The number of aliphatic hydroxyl groups is 1. The van der Waals surface area contributed by atoms with E-state index in [1.807, 2.05) is 31.5 Å². The van der Waals surface area contributed by atoms with Crippen molar-refractivity contribution in [3.8, 4) is 0 Å². The minimum atomic E-state index is 0.0983. The molecule has 0 aliphatic heterocycles. The number of thioether (sulfide) groups is 1. The van der Waals surface area contributed by atoms with Crippen LogP contribution in [0.2, 0.25) is 0 Å². The van der Waals surface area contributed by atoms with Gasteiger partial charge in [0.15, 0.2) is 5.65 Å². The van der Waals surface area contributed by atoms with Gasteiger partial charge in [-0.25, -0.2) is 4.52 Å². The second kappa shape index (κ2) is 5.90. The highest BCUT2D eigenvalue weighted by Gasteiger charge is 2.17. The van der Waals surface area contributed by atoms with Gasteiger partial charge in [-0.1, -0.05) is 0 Å². The van der Waals surface area contributed by atoms with Crippen molar-refractivity contribution in [3.63, 3.8) is 0 Å². The fraction of sp³-hybridized carbons (Fsp3) is 0.455. The van der Waals surface area contributed by atoms with E-state index >= 15 is 0 Å². The first-order chi connectivity index (χ1) is 8.65. The van der Waals surface area contributed by atoms with Crippen molar-refractivity contribution in [2.45, 2.75) is 18.2 Å². The summed E-state index contributed by atoms with van der Waals surface area (Å²) >= 11 is 5.06. The van der Waals surface area contributed by atoms with E-state index in [0.29, 0.717) is 5.95 Å². The number of rotatable bonds is 5. The zero-order valence-electron chi connectivity index (χ0n) is 10.2. The number of halogens is 1. The van der Waals surface area contributed by atoms with Crippen LogP contribution in [0, 0.1) is 0 Å². The first-order valence-electron chi connectivity index (χ1n) is 5.56. The SMILES string of the molecule is CSC(CO)C(C)Nc1nc2c(Br)cccn2n1. The summed E-state index contributed by atoms with van der Waals surface area (Å²) in [5, 5.41) is 16.9. The number of hydrogen-bond donors (Lipinski definition) is 2. The summed E-state index contributed by atoms with van der Waals surface area (Å²) in [7, 11) is 0. The number of nitrogens with zero attached hydrogens (tertiary/aromatic N) is 3.